The van der Waals surface area contributed by atoms with E-state index in [1.807, 2.05) is 6.07 Å². The van der Waals surface area contributed by atoms with Crippen molar-refractivity contribution in [1.29, 1.82) is 0 Å². The Morgan fingerprint density at radius 1 is 1.11 bits per heavy atom. The minimum atomic E-state index is 0. The second-order valence-corrected chi connectivity index (χ2v) is 6.56. The molecule has 0 radical (unpaired) electrons. The molecule has 2 aromatic carbocycles. The molecule has 0 aliphatic carbocycles. The smallest absolute Gasteiger partial charge is 0.191 e. The molecule has 3 aromatic rings. The number of aliphatic imine (C=N–C) groups is 1. The molecular formula is C21H27IN4O. The molecule has 1 heterocycles. The van der Waals surface area contributed by atoms with Crippen LogP contribution >= 0.6 is 24.0 Å². The summed E-state index contributed by atoms with van der Waals surface area (Å²) in [6.07, 6.45) is 0. The van der Waals surface area contributed by atoms with Gasteiger partial charge < -0.3 is 15.2 Å². The zero-order chi connectivity index (χ0) is 18.4. The first kappa shape index (κ1) is 21.2. The van der Waals surface area contributed by atoms with Crippen LogP contribution in [0.2, 0.25) is 0 Å². The van der Waals surface area contributed by atoms with E-state index in [9.17, 15) is 0 Å². The Morgan fingerprint density at radius 3 is 2.63 bits per heavy atom. The number of benzene rings is 2. The fraction of sp³-hybridized carbons (Fsp3) is 0.333. The zero-order valence-electron chi connectivity index (χ0n) is 16.0. The van der Waals surface area contributed by atoms with E-state index in [2.05, 4.69) is 79.0 Å². The lowest BCUT2D eigenvalue weighted by atomic mass is 10.1. The quantitative estimate of drug-likeness (QED) is 0.303. The van der Waals surface area contributed by atoms with Gasteiger partial charge in [-0.2, -0.15) is 0 Å². The number of rotatable bonds is 6. The Morgan fingerprint density at radius 2 is 1.89 bits per heavy atom. The predicted molar refractivity (Wildman–Crippen MR) is 122 cm³/mol. The Hall–Kier alpha value is -2.09. The number of hydrogen-bond donors (Lipinski definition) is 2. The molecule has 5 nitrogen and oxygen atoms in total. The summed E-state index contributed by atoms with van der Waals surface area (Å²) >= 11 is 0. The summed E-state index contributed by atoms with van der Waals surface area (Å²) < 4.78 is 5.38. The minimum absolute atomic E-state index is 0. The third-order valence-corrected chi connectivity index (χ3v) is 4.23. The van der Waals surface area contributed by atoms with Gasteiger partial charge in [0, 0.05) is 12.6 Å². The van der Waals surface area contributed by atoms with Crippen molar-refractivity contribution in [3.63, 3.8) is 0 Å². The first-order chi connectivity index (χ1) is 12.7. The van der Waals surface area contributed by atoms with Crippen molar-refractivity contribution >= 4 is 40.7 Å². The molecule has 0 spiro atoms. The van der Waals surface area contributed by atoms with E-state index in [1.165, 1.54) is 16.3 Å². The molecule has 0 atom stereocenters. The normalized spacial score (nSPS) is 11.5. The average molecular weight is 478 g/mol. The summed E-state index contributed by atoms with van der Waals surface area (Å²) in [6.45, 7) is 8.23. The molecule has 27 heavy (non-hydrogen) atoms. The summed E-state index contributed by atoms with van der Waals surface area (Å²) in [6, 6.07) is 16.7. The highest BCUT2D eigenvalue weighted by Crippen LogP contribution is 2.19. The van der Waals surface area contributed by atoms with E-state index in [4.69, 9.17) is 9.52 Å². The molecular weight excluding hydrogens is 451 g/mol. The van der Waals surface area contributed by atoms with Crippen LogP contribution in [0.5, 0.6) is 0 Å². The van der Waals surface area contributed by atoms with Gasteiger partial charge in [-0.3, -0.25) is 0 Å². The van der Waals surface area contributed by atoms with Crippen molar-refractivity contribution in [3.05, 3.63) is 65.5 Å². The van der Waals surface area contributed by atoms with E-state index < -0.39 is 0 Å². The van der Waals surface area contributed by atoms with Crippen molar-refractivity contribution in [1.82, 2.24) is 15.8 Å². The molecule has 144 valence electrons. The molecule has 0 aliphatic rings. The van der Waals surface area contributed by atoms with Crippen LogP contribution in [0.25, 0.3) is 10.8 Å². The largest absolute Gasteiger partial charge is 0.359 e. The van der Waals surface area contributed by atoms with Gasteiger partial charge in [-0.05, 0) is 29.2 Å². The molecule has 0 fully saturated rings. The first-order valence-corrected chi connectivity index (χ1v) is 9.11. The number of nitrogens with one attached hydrogen (secondary N) is 2. The third-order valence-electron chi connectivity index (χ3n) is 4.23. The van der Waals surface area contributed by atoms with Gasteiger partial charge >= 0.3 is 0 Å². The molecule has 0 amide bonds. The van der Waals surface area contributed by atoms with Gasteiger partial charge in [0.2, 0.25) is 0 Å². The van der Waals surface area contributed by atoms with Gasteiger partial charge in [-0.25, -0.2) is 4.99 Å². The lowest BCUT2D eigenvalue weighted by molar-refractivity contribution is 0.372. The van der Waals surface area contributed by atoms with Crippen LogP contribution in [0, 0.1) is 0 Å². The zero-order valence-corrected chi connectivity index (χ0v) is 18.4. The minimum Gasteiger partial charge on any atom is -0.359 e. The highest BCUT2D eigenvalue weighted by Gasteiger charge is 2.08. The van der Waals surface area contributed by atoms with Crippen molar-refractivity contribution in [2.45, 2.75) is 39.8 Å². The van der Waals surface area contributed by atoms with Crippen LogP contribution in [0.3, 0.4) is 0 Å². The predicted octanol–water partition coefficient (Wildman–Crippen LogP) is 4.82. The lowest BCUT2D eigenvalue weighted by Crippen LogP contribution is -2.36. The van der Waals surface area contributed by atoms with Crippen molar-refractivity contribution < 1.29 is 4.52 Å². The Labute approximate surface area is 177 Å². The van der Waals surface area contributed by atoms with E-state index in [1.54, 1.807) is 0 Å². The fourth-order valence-corrected chi connectivity index (χ4v) is 2.79. The number of halogens is 1. The van der Waals surface area contributed by atoms with E-state index >= 15 is 0 Å². The maximum Gasteiger partial charge on any atom is 0.191 e. The van der Waals surface area contributed by atoms with Gasteiger partial charge in [0.1, 0.15) is 0 Å². The van der Waals surface area contributed by atoms with Gasteiger partial charge in [0.05, 0.1) is 18.8 Å². The maximum atomic E-state index is 5.38. The molecule has 0 unspecified atom stereocenters. The van der Waals surface area contributed by atoms with Crippen LogP contribution in [-0.2, 0) is 13.1 Å². The number of hydrogen-bond acceptors (Lipinski definition) is 3. The number of fused-ring (bicyclic) bond motifs is 1. The van der Waals surface area contributed by atoms with Gasteiger partial charge in [-0.1, -0.05) is 61.5 Å². The Balaban J connectivity index is 0.00000261. The SMILES string of the molecule is CCNC(=NCc1cccc2ccccc12)NCc1cc(C(C)C)no1.I. The average Bonchev–Trinajstić information content (AvgIpc) is 3.13. The first-order valence-electron chi connectivity index (χ1n) is 9.11. The second kappa shape index (κ2) is 10.3. The van der Waals surface area contributed by atoms with Crippen molar-refractivity contribution in [2.75, 3.05) is 6.54 Å². The summed E-state index contributed by atoms with van der Waals surface area (Å²) in [5.41, 5.74) is 2.18. The van der Waals surface area contributed by atoms with Crippen LogP contribution in [0.15, 0.2) is 58.0 Å². The van der Waals surface area contributed by atoms with E-state index in [0.717, 1.165) is 24.0 Å². The summed E-state index contributed by atoms with van der Waals surface area (Å²) in [5, 5.41) is 13.2. The lowest BCUT2D eigenvalue weighted by Gasteiger charge is -2.10. The third kappa shape index (κ3) is 5.69. The molecule has 0 bridgehead atoms. The van der Waals surface area contributed by atoms with Crippen molar-refractivity contribution in [2.24, 2.45) is 4.99 Å². The van der Waals surface area contributed by atoms with E-state index in [0.29, 0.717) is 19.0 Å². The molecule has 1 aromatic heterocycles. The van der Waals surface area contributed by atoms with Gasteiger partial charge in [0.25, 0.3) is 0 Å². The molecule has 0 saturated carbocycles. The number of nitrogens with zero attached hydrogens (tertiary/aromatic N) is 2. The van der Waals surface area contributed by atoms with Crippen LogP contribution in [-0.4, -0.2) is 17.7 Å². The summed E-state index contributed by atoms with van der Waals surface area (Å²) in [5.74, 6) is 1.94. The van der Waals surface area contributed by atoms with Crippen molar-refractivity contribution in [3.8, 4) is 0 Å². The van der Waals surface area contributed by atoms with Crippen LogP contribution < -0.4 is 10.6 Å². The van der Waals surface area contributed by atoms with Gasteiger partial charge in [0.15, 0.2) is 11.7 Å². The highest BCUT2D eigenvalue weighted by molar-refractivity contribution is 14.0. The van der Waals surface area contributed by atoms with Crippen LogP contribution in [0.1, 0.15) is 43.7 Å². The standard InChI is InChI=1S/C21H26N4O.HI/c1-4-22-21(24-14-18-12-20(15(2)3)25-26-18)23-13-17-10-7-9-16-8-5-6-11-19(16)17;/h5-12,15H,4,13-14H2,1-3H3,(H2,22,23,24);1H. The summed E-state index contributed by atoms with van der Waals surface area (Å²) in [7, 11) is 0. The molecule has 0 aliphatic heterocycles. The monoisotopic (exact) mass is 478 g/mol. The molecule has 3 rings (SSSR count). The molecule has 0 saturated heterocycles. The fourth-order valence-electron chi connectivity index (χ4n) is 2.79. The highest BCUT2D eigenvalue weighted by atomic mass is 127. The van der Waals surface area contributed by atoms with Gasteiger partial charge in [-0.15, -0.1) is 24.0 Å². The Kier molecular flexibility index (Phi) is 8.09. The summed E-state index contributed by atoms with van der Waals surface area (Å²) in [4.78, 5) is 4.72. The Bertz CT molecular complexity index is 883. The van der Waals surface area contributed by atoms with E-state index in [-0.39, 0.29) is 24.0 Å². The van der Waals surface area contributed by atoms with Crippen LogP contribution in [0.4, 0.5) is 0 Å². The topological polar surface area (TPSA) is 62.5 Å². The number of guanidine groups is 1. The maximum absolute atomic E-state index is 5.38. The molecule has 6 heteroatoms. The second-order valence-electron chi connectivity index (χ2n) is 6.56. The molecule has 2 N–H and O–H groups in total. The number of aromatic nitrogens is 1.